The first kappa shape index (κ1) is 21.9. The van der Waals surface area contributed by atoms with Gasteiger partial charge in [-0.15, -0.1) is 0 Å². The first-order valence-corrected chi connectivity index (χ1v) is 9.11. The first-order valence-electron chi connectivity index (χ1n) is 9.11. The summed E-state index contributed by atoms with van der Waals surface area (Å²) < 4.78 is 15.7. The minimum atomic E-state index is -0.440. The van der Waals surface area contributed by atoms with Crippen LogP contribution in [0.15, 0.2) is 47.6 Å². The molecule has 0 atom stereocenters. The zero-order chi connectivity index (χ0) is 21.4. The number of esters is 1. The van der Waals surface area contributed by atoms with Crippen LogP contribution in [0, 0.1) is 0 Å². The summed E-state index contributed by atoms with van der Waals surface area (Å²) in [4.78, 5) is 23.0. The van der Waals surface area contributed by atoms with Gasteiger partial charge in [-0.1, -0.05) is 32.9 Å². The predicted octanol–water partition coefficient (Wildman–Crippen LogP) is 3.45. The quantitative estimate of drug-likeness (QED) is 0.334. The van der Waals surface area contributed by atoms with Crippen LogP contribution < -0.4 is 19.6 Å². The third-order valence-corrected chi connectivity index (χ3v) is 3.93. The number of hydrazone groups is 1. The topological polar surface area (TPSA) is 86.2 Å². The Morgan fingerprint density at radius 1 is 1.07 bits per heavy atom. The molecule has 0 radical (unpaired) electrons. The fraction of sp³-hybridized carbons (Fsp3) is 0.318. The Kier molecular flexibility index (Phi) is 7.36. The number of nitrogens with zero attached hydrogens (tertiary/aromatic N) is 1. The van der Waals surface area contributed by atoms with Crippen LogP contribution >= 0.6 is 0 Å². The van der Waals surface area contributed by atoms with Gasteiger partial charge in [0.25, 0.3) is 5.91 Å². The van der Waals surface area contributed by atoms with Gasteiger partial charge in [-0.3, -0.25) is 9.59 Å². The molecule has 1 N–H and O–H groups in total. The van der Waals surface area contributed by atoms with Gasteiger partial charge in [-0.25, -0.2) is 5.43 Å². The maximum absolute atomic E-state index is 11.9. The average Bonchev–Trinajstić information content (AvgIpc) is 2.66. The van der Waals surface area contributed by atoms with Gasteiger partial charge in [0.2, 0.25) is 0 Å². The lowest BCUT2D eigenvalue weighted by Gasteiger charge is -2.19. The molecule has 0 saturated carbocycles. The highest BCUT2D eigenvalue weighted by molar-refractivity contribution is 5.84. The SMILES string of the molecule is COc1cc(C=NNC(=O)COc2ccc(C(C)(C)C)cc2)ccc1OC(C)=O. The van der Waals surface area contributed by atoms with E-state index in [4.69, 9.17) is 14.2 Å². The van der Waals surface area contributed by atoms with E-state index in [-0.39, 0.29) is 17.9 Å². The summed E-state index contributed by atoms with van der Waals surface area (Å²) in [6, 6.07) is 12.6. The van der Waals surface area contributed by atoms with E-state index in [1.54, 1.807) is 18.2 Å². The van der Waals surface area contributed by atoms with E-state index in [2.05, 4.69) is 31.3 Å². The van der Waals surface area contributed by atoms with Crippen molar-refractivity contribution in [1.29, 1.82) is 0 Å². The van der Waals surface area contributed by atoms with Crippen LogP contribution in [0.3, 0.4) is 0 Å². The van der Waals surface area contributed by atoms with Crippen molar-refractivity contribution in [3.05, 3.63) is 53.6 Å². The molecule has 0 unspecified atom stereocenters. The number of nitrogens with one attached hydrogen (secondary N) is 1. The van der Waals surface area contributed by atoms with E-state index in [0.717, 1.165) is 0 Å². The standard InChI is InChI=1S/C22H26N2O5/c1-15(25)29-19-11-6-16(12-20(19)27-5)13-23-24-21(26)14-28-18-9-7-17(8-10-18)22(2,3)4/h6-13H,14H2,1-5H3,(H,24,26). The van der Waals surface area contributed by atoms with Gasteiger partial charge in [0.05, 0.1) is 13.3 Å². The number of ether oxygens (including phenoxy) is 3. The smallest absolute Gasteiger partial charge is 0.308 e. The van der Waals surface area contributed by atoms with Crippen molar-refractivity contribution in [2.24, 2.45) is 5.10 Å². The Labute approximate surface area is 170 Å². The van der Waals surface area contributed by atoms with Crippen molar-refractivity contribution >= 4 is 18.1 Å². The van der Waals surface area contributed by atoms with Crippen molar-refractivity contribution in [2.75, 3.05) is 13.7 Å². The highest BCUT2D eigenvalue weighted by Gasteiger charge is 2.13. The molecule has 0 aromatic heterocycles. The van der Waals surface area contributed by atoms with E-state index in [1.165, 1.54) is 25.8 Å². The van der Waals surface area contributed by atoms with Gasteiger partial charge in [-0.05, 0) is 46.9 Å². The molecule has 0 saturated heterocycles. The lowest BCUT2D eigenvalue weighted by molar-refractivity contribution is -0.132. The molecule has 1 amide bonds. The molecule has 2 aromatic carbocycles. The third-order valence-electron chi connectivity index (χ3n) is 3.93. The Balaban J connectivity index is 1.87. The molecular weight excluding hydrogens is 372 g/mol. The van der Waals surface area contributed by atoms with Gasteiger partial charge in [0.1, 0.15) is 5.75 Å². The van der Waals surface area contributed by atoms with Gasteiger partial charge >= 0.3 is 5.97 Å². The fourth-order valence-corrected chi connectivity index (χ4v) is 2.41. The lowest BCUT2D eigenvalue weighted by atomic mass is 9.87. The largest absolute Gasteiger partial charge is 0.493 e. The number of hydrogen-bond acceptors (Lipinski definition) is 6. The zero-order valence-corrected chi connectivity index (χ0v) is 17.3. The Bertz CT molecular complexity index is 883. The van der Waals surface area contributed by atoms with Crippen LogP contribution in [0.2, 0.25) is 0 Å². The molecule has 0 aliphatic rings. The van der Waals surface area contributed by atoms with E-state index in [1.807, 2.05) is 24.3 Å². The van der Waals surface area contributed by atoms with Crippen LogP contribution in [-0.2, 0) is 15.0 Å². The molecule has 2 aromatic rings. The molecule has 0 bridgehead atoms. The van der Waals surface area contributed by atoms with E-state index in [9.17, 15) is 9.59 Å². The number of rotatable bonds is 7. The number of benzene rings is 2. The highest BCUT2D eigenvalue weighted by Crippen LogP contribution is 2.27. The second kappa shape index (κ2) is 9.73. The van der Waals surface area contributed by atoms with Crippen molar-refractivity contribution < 1.29 is 23.8 Å². The molecular formula is C22H26N2O5. The van der Waals surface area contributed by atoms with Gasteiger partial charge < -0.3 is 14.2 Å². The second-order valence-electron chi connectivity index (χ2n) is 7.36. The highest BCUT2D eigenvalue weighted by atomic mass is 16.6. The lowest BCUT2D eigenvalue weighted by Crippen LogP contribution is -2.24. The molecule has 29 heavy (non-hydrogen) atoms. The Morgan fingerprint density at radius 2 is 1.76 bits per heavy atom. The molecule has 7 heteroatoms. The average molecular weight is 398 g/mol. The van der Waals surface area contributed by atoms with Crippen molar-refractivity contribution in [1.82, 2.24) is 5.43 Å². The molecule has 0 heterocycles. The van der Waals surface area contributed by atoms with E-state index >= 15 is 0 Å². The molecule has 7 nitrogen and oxygen atoms in total. The number of carbonyl (C=O) groups excluding carboxylic acids is 2. The van der Waals surface area contributed by atoms with Gasteiger partial charge in [0.15, 0.2) is 18.1 Å². The summed E-state index contributed by atoms with van der Waals surface area (Å²) in [5, 5.41) is 3.90. The van der Waals surface area contributed by atoms with Crippen LogP contribution in [0.1, 0.15) is 38.8 Å². The van der Waals surface area contributed by atoms with E-state index in [0.29, 0.717) is 22.8 Å². The maximum Gasteiger partial charge on any atom is 0.308 e. The molecule has 0 aliphatic carbocycles. The summed E-state index contributed by atoms with van der Waals surface area (Å²) in [7, 11) is 1.47. The summed E-state index contributed by atoms with van der Waals surface area (Å²) in [6.45, 7) is 7.56. The monoisotopic (exact) mass is 398 g/mol. The van der Waals surface area contributed by atoms with Crippen LogP contribution in [-0.4, -0.2) is 31.8 Å². The minimum absolute atomic E-state index is 0.0592. The van der Waals surface area contributed by atoms with Crippen LogP contribution in [0.4, 0.5) is 0 Å². The Morgan fingerprint density at radius 3 is 2.34 bits per heavy atom. The van der Waals surface area contributed by atoms with Crippen molar-refractivity contribution in [3.8, 4) is 17.2 Å². The van der Waals surface area contributed by atoms with E-state index < -0.39 is 5.97 Å². The summed E-state index contributed by atoms with van der Waals surface area (Å²) >= 11 is 0. The number of carbonyl (C=O) groups is 2. The second-order valence-corrected chi connectivity index (χ2v) is 7.36. The van der Waals surface area contributed by atoms with Crippen molar-refractivity contribution in [3.63, 3.8) is 0 Å². The number of hydrogen-bond donors (Lipinski definition) is 1. The van der Waals surface area contributed by atoms with Gasteiger partial charge in [-0.2, -0.15) is 5.10 Å². The number of methoxy groups -OCH3 is 1. The molecule has 0 spiro atoms. The summed E-state index contributed by atoms with van der Waals surface area (Å²) in [5.74, 6) is 0.488. The summed E-state index contributed by atoms with van der Waals surface area (Å²) in [5.41, 5.74) is 4.31. The summed E-state index contributed by atoms with van der Waals surface area (Å²) in [6.07, 6.45) is 1.45. The predicted molar refractivity (Wildman–Crippen MR) is 111 cm³/mol. The fourth-order valence-electron chi connectivity index (χ4n) is 2.41. The molecule has 0 aliphatic heterocycles. The van der Waals surface area contributed by atoms with Gasteiger partial charge in [0, 0.05) is 6.92 Å². The first-order chi connectivity index (χ1) is 13.7. The normalized spacial score (nSPS) is 11.2. The third kappa shape index (κ3) is 6.95. The molecule has 0 fully saturated rings. The van der Waals surface area contributed by atoms with Crippen LogP contribution in [0.25, 0.3) is 0 Å². The minimum Gasteiger partial charge on any atom is -0.493 e. The molecule has 154 valence electrons. The number of amides is 1. The molecule has 2 rings (SSSR count). The zero-order valence-electron chi connectivity index (χ0n) is 17.3. The Hall–Kier alpha value is -3.35. The maximum atomic E-state index is 11.9. The van der Waals surface area contributed by atoms with Crippen LogP contribution in [0.5, 0.6) is 17.2 Å². The van der Waals surface area contributed by atoms with Crippen molar-refractivity contribution in [2.45, 2.75) is 33.1 Å².